The molecule has 7 nitrogen and oxygen atoms in total. The Kier molecular flexibility index (Phi) is 5.38. The van der Waals surface area contributed by atoms with Crippen LogP contribution in [0.3, 0.4) is 0 Å². The molecule has 1 aromatic rings. The van der Waals surface area contributed by atoms with Crippen molar-refractivity contribution in [2.45, 2.75) is 69.9 Å². The highest BCUT2D eigenvalue weighted by molar-refractivity contribution is 5.79. The first kappa shape index (κ1) is 17.9. The SMILES string of the molecule is CCc1nc(C2CCCN2CC(=O)N(C)C2(C#N)CCCCC2)no1. The molecule has 7 heteroatoms. The summed E-state index contributed by atoms with van der Waals surface area (Å²) in [5.41, 5.74) is -0.633. The highest BCUT2D eigenvalue weighted by Crippen LogP contribution is 2.34. The van der Waals surface area contributed by atoms with Crippen LogP contribution in [0.25, 0.3) is 0 Å². The maximum Gasteiger partial charge on any atom is 0.237 e. The molecule has 2 fully saturated rings. The lowest BCUT2D eigenvalue weighted by Crippen LogP contribution is -2.52. The molecule has 1 unspecified atom stereocenters. The van der Waals surface area contributed by atoms with Gasteiger partial charge in [-0.3, -0.25) is 9.69 Å². The predicted octanol–water partition coefficient (Wildman–Crippen LogP) is 2.45. The Labute approximate surface area is 149 Å². The number of aromatic nitrogens is 2. The van der Waals surface area contributed by atoms with Gasteiger partial charge in [-0.25, -0.2) is 0 Å². The summed E-state index contributed by atoms with van der Waals surface area (Å²) in [6.07, 6.45) is 7.40. The molecule has 0 radical (unpaired) electrons. The zero-order valence-electron chi connectivity index (χ0n) is 15.2. The molecule has 3 rings (SSSR count). The van der Waals surface area contributed by atoms with Crippen molar-refractivity contribution in [1.82, 2.24) is 19.9 Å². The molecule has 1 saturated heterocycles. The van der Waals surface area contributed by atoms with Crippen LogP contribution in [0, 0.1) is 11.3 Å². The molecule has 1 aromatic heterocycles. The van der Waals surface area contributed by atoms with Crippen LogP contribution in [-0.4, -0.2) is 51.5 Å². The first-order valence-electron chi connectivity index (χ1n) is 9.34. The summed E-state index contributed by atoms with van der Waals surface area (Å²) < 4.78 is 5.23. The van der Waals surface area contributed by atoms with Crippen molar-refractivity contribution in [3.63, 3.8) is 0 Å². The molecule has 1 aliphatic heterocycles. The molecular formula is C18H27N5O2. The van der Waals surface area contributed by atoms with Gasteiger partial charge in [-0.15, -0.1) is 0 Å². The number of likely N-dealkylation sites (N-methyl/N-ethyl adjacent to an activating group) is 1. The standard InChI is InChI=1S/C18H27N5O2/c1-3-15-20-17(21-25-15)14-8-7-11-23(14)12-16(24)22(2)18(13-19)9-5-4-6-10-18/h14H,3-12H2,1-2H3. The van der Waals surface area contributed by atoms with Crippen molar-refractivity contribution in [3.05, 3.63) is 11.7 Å². The molecular weight excluding hydrogens is 318 g/mol. The van der Waals surface area contributed by atoms with Crippen molar-refractivity contribution in [2.24, 2.45) is 0 Å². The highest BCUT2D eigenvalue weighted by atomic mass is 16.5. The van der Waals surface area contributed by atoms with Gasteiger partial charge in [0, 0.05) is 13.5 Å². The number of nitriles is 1. The monoisotopic (exact) mass is 345 g/mol. The minimum atomic E-state index is -0.633. The molecule has 136 valence electrons. The Balaban J connectivity index is 1.67. The van der Waals surface area contributed by atoms with Gasteiger partial charge in [0.2, 0.25) is 11.8 Å². The van der Waals surface area contributed by atoms with E-state index in [0.717, 1.165) is 51.5 Å². The molecule has 2 aliphatic rings. The van der Waals surface area contributed by atoms with Gasteiger partial charge in [0.15, 0.2) is 5.82 Å². The number of aryl methyl sites for hydroxylation is 1. The van der Waals surface area contributed by atoms with Gasteiger partial charge in [-0.05, 0) is 32.2 Å². The second-order valence-corrected chi connectivity index (χ2v) is 7.19. The summed E-state index contributed by atoms with van der Waals surface area (Å²) in [5.74, 6) is 1.32. The molecule has 1 amide bonds. The topological polar surface area (TPSA) is 86.3 Å². The van der Waals surface area contributed by atoms with Crippen molar-refractivity contribution < 1.29 is 9.32 Å². The lowest BCUT2D eigenvalue weighted by atomic mass is 9.81. The van der Waals surface area contributed by atoms with Gasteiger partial charge in [-0.1, -0.05) is 31.3 Å². The number of likely N-dealkylation sites (tertiary alicyclic amines) is 1. The normalized spacial score (nSPS) is 23.3. The predicted molar refractivity (Wildman–Crippen MR) is 91.4 cm³/mol. The zero-order chi connectivity index (χ0) is 17.9. The van der Waals surface area contributed by atoms with Crippen LogP contribution in [0.2, 0.25) is 0 Å². The van der Waals surface area contributed by atoms with E-state index in [1.165, 1.54) is 0 Å². The van der Waals surface area contributed by atoms with Crippen LogP contribution < -0.4 is 0 Å². The van der Waals surface area contributed by atoms with E-state index in [0.29, 0.717) is 24.7 Å². The second kappa shape index (κ2) is 7.52. The molecule has 1 saturated carbocycles. The number of hydrogen-bond donors (Lipinski definition) is 0. The molecule has 2 heterocycles. The van der Waals surface area contributed by atoms with Crippen molar-refractivity contribution >= 4 is 5.91 Å². The maximum atomic E-state index is 12.9. The number of amides is 1. The van der Waals surface area contributed by atoms with E-state index in [9.17, 15) is 10.1 Å². The molecule has 1 aliphatic carbocycles. The van der Waals surface area contributed by atoms with Crippen LogP contribution in [-0.2, 0) is 11.2 Å². The third kappa shape index (κ3) is 3.54. The number of nitrogens with zero attached hydrogens (tertiary/aromatic N) is 5. The van der Waals surface area contributed by atoms with Gasteiger partial charge in [0.1, 0.15) is 5.54 Å². The van der Waals surface area contributed by atoms with E-state index >= 15 is 0 Å². The molecule has 0 spiro atoms. The lowest BCUT2D eigenvalue weighted by molar-refractivity contribution is -0.136. The Morgan fingerprint density at radius 1 is 1.40 bits per heavy atom. The summed E-state index contributed by atoms with van der Waals surface area (Å²) in [4.78, 5) is 21.1. The smallest absolute Gasteiger partial charge is 0.237 e. The van der Waals surface area contributed by atoms with Gasteiger partial charge in [-0.2, -0.15) is 10.2 Å². The molecule has 1 atom stereocenters. The summed E-state index contributed by atoms with van der Waals surface area (Å²) in [5, 5.41) is 13.8. The summed E-state index contributed by atoms with van der Waals surface area (Å²) in [6, 6.07) is 2.46. The van der Waals surface area contributed by atoms with Crippen LogP contribution >= 0.6 is 0 Å². The maximum absolute atomic E-state index is 12.9. The Hall–Kier alpha value is -1.94. The highest BCUT2D eigenvalue weighted by Gasteiger charge is 2.40. The Bertz CT molecular complexity index is 644. The third-order valence-corrected chi connectivity index (χ3v) is 5.69. The van der Waals surface area contributed by atoms with E-state index in [1.54, 1.807) is 11.9 Å². The first-order valence-corrected chi connectivity index (χ1v) is 9.34. The fourth-order valence-corrected chi connectivity index (χ4v) is 4.03. The average Bonchev–Trinajstić information content (AvgIpc) is 3.30. The summed E-state index contributed by atoms with van der Waals surface area (Å²) in [6.45, 7) is 3.13. The van der Waals surface area contributed by atoms with E-state index < -0.39 is 5.54 Å². The fraction of sp³-hybridized carbons (Fsp3) is 0.778. The van der Waals surface area contributed by atoms with Crippen LogP contribution in [0.15, 0.2) is 4.52 Å². The average molecular weight is 345 g/mol. The molecule has 25 heavy (non-hydrogen) atoms. The first-order chi connectivity index (χ1) is 12.1. The Morgan fingerprint density at radius 2 is 2.16 bits per heavy atom. The van der Waals surface area contributed by atoms with E-state index in [2.05, 4.69) is 21.1 Å². The summed E-state index contributed by atoms with van der Waals surface area (Å²) in [7, 11) is 1.78. The van der Waals surface area contributed by atoms with E-state index in [-0.39, 0.29) is 11.9 Å². The van der Waals surface area contributed by atoms with Crippen molar-refractivity contribution in [2.75, 3.05) is 20.1 Å². The largest absolute Gasteiger partial charge is 0.339 e. The quantitative estimate of drug-likeness (QED) is 0.815. The number of carbonyl (C=O) groups is 1. The second-order valence-electron chi connectivity index (χ2n) is 7.19. The van der Waals surface area contributed by atoms with Crippen molar-refractivity contribution in [1.29, 1.82) is 5.26 Å². The van der Waals surface area contributed by atoms with Crippen LogP contribution in [0.1, 0.15) is 69.6 Å². The van der Waals surface area contributed by atoms with Gasteiger partial charge < -0.3 is 9.42 Å². The number of hydrogen-bond acceptors (Lipinski definition) is 6. The van der Waals surface area contributed by atoms with Crippen LogP contribution in [0.5, 0.6) is 0 Å². The minimum absolute atomic E-state index is 0.00885. The summed E-state index contributed by atoms with van der Waals surface area (Å²) >= 11 is 0. The Morgan fingerprint density at radius 3 is 2.80 bits per heavy atom. The van der Waals surface area contributed by atoms with E-state index in [4.69, 9.17) is 4.52 Å². The zero-order valence-corrected chi connectivity index (χ0v) is 15.2. The van der Waals surface area contributed by atoms with Gasteiger partial charge in [0.05, 0.1) is 18.7 Å². The number of rotatable bonds is 5. The van der Waals surface area contributed by atoms with Gasteiger partial charge >= 0.3 is 0 Å². The lowest BCUT2D eigenvalue weighted by Gasteiger charge is -2.39. The molecule has 0 bridgehead atoms. The molecule has 0 aromatic carbocycles. The number of carbonyl (C=O) groups excluding carboxylic acids is 1. The molecule has 0 N–H and O–H groups in total. The third-order valence-electron chi connectivity index (χ3n) is 5.69. The minimum Gasteiger partial charge on any atom is -0.339 e. The van der Waals surface area contributed by atoms with Crippen molar-refractivity contribution in [3.8, 4) is 6.07 Å². The van der Waals surface area contributed by atoms with E-state index in [1.807, 2.05) is 6.92 Å². The fourth-order valence-electron chi connectivity index (χ4n) is 4.03. The van der Waals surface area contributed by atoms with Crippen LogP contribution in [0.4, 0.5) is 0 Å². The van der Waals surface area contributed by atoms with Gasteiger partial charge in [0.25, 0.3) is 0 Å².